The Hall–Kier alpha value is -4.57. The number of halogens is 2. The lowest BCUT2D eigenvalue weighted by molar-refractivity contribution is -0.0498. The number of piperidine rings is 1. The second kappa shape index (κ2) is 14.2. The zero-order chi connectivity index (χ0) is 32.8. The van der Waals surface area contributed by atoms with Crippen LogP contribution in [0.25, 0.3) is 5.69 Å². The van der Waals surface area contributed by atoms with Crippen LogP contribution in [0, 0.1) is 12.8 Å². The van der Waals surface area contributed by atoms with Crippen LogP contribution in [0.15, 0.2) is 78.9 Å². The maximum atomic E-state index is 13.6. The average Bonchev–Trinajstić information content (AvgIpc) is 3.45. The van der Waals surface area contributed by atoms with E-state index in [0.29, 0.717) is 17.1 Å². The van der Waals surface area contributed by atoms with Gasteiger partial charge in [-0.2, -0.15) is 13.9 Å². The molecule has 5 rings (SSSR count). The minimum absolute atomic E-state index is 0.000329. The number of hydrogen-bond acceptors (Lipinski definition) is 5. The Labute approximate surface area is 268 Å². The summed E-state index contributed by atoms with van der Waals surface area (Å²) >= 11 is 0. The molecule has 3 N–H and O–H groups in total. The second-order valence-electron chi connectivity index (χ2n) is 12.8. The molecule has 0 saturated carbocycles. The van der Waals surface area contributed by atoms with Crippen molar-refractivity contribution in [1.82, 2.24) is 15.1 Å². The van der Waals surface area contributed by atoms with E-state index in [1.165, 1.54) is 24.3 Å². The van der Waals surface area contributed by atoms with Gasteiger partial charge in [-0.3, -0.25) is 10.1 Å². The molecule has 10 heteroatoms. The van der Waals surface area contributed by atoms with Crippen LogP contribution in [0.5, 0.6) is 5.75 Å². The number of hydrogen-bond donors (Lipinski definition) is 3. The molecule has 0 radical (unpaired) electrons. The predicted molar refractivity (Wildman–Crippen MR) is 176 cm³/mol. The third kappa shape index (κ3) is 8.17. The lowest BCUT2D eigenvalue weighted by atomic mass is 9.76. The molecule has 1 saturated heterocycles. The van der Waals surface area contributed by atoms with E-state index in [-0.39, 0.29) is 35.2 Å². The van der Waals surface area contributed by atoms with E-state index in [9.17, 15) is 18.4 Å². The van der Waals surface area contributed by atoms with E-state index in [1.807, 2.05) is 61.5 Å². The Kier molecular flexibility index (Phi) is 10.2. The first kappa shape index (κ1) is 32.8. The van der Waals surface area contributed by atoms with E-state index < -0.39 is 12.6 Å². The molecule has 4 aromatic rings. The first-order valence-corrected chi connectivity index (χ1v) is 15.6. The highest BCUT2D eigenvalue weighted by Gasteiger charge is 2.30. The number of urea groups is 1. The monoisotopic (exact) mass is 629 g/mol. The number of carbonyl (C=O) groups excluding carboxylic acids is 2. The average molecular weight is 630 g/mol. The number of anilines is 2. The fraction of sp³-hybridized carbons (Fsp3) is 0.361. The van der Waals surface area contributed by atoms with Gasteiger partial charge in [-0.1, -0.05) is 56.7 Å². The Morgan fingerprint density at radius 1 is 0.978 bits per heavy atom. The smallest absolute Gasteiger partial charge is 0.387 e. The van der Waals surface area contributed by atoms with Crippen molar-refractivity contribution in [3.8, 4) is 11.4 Å². The first-order chi connectivity index (χ1) is 22.0. The molecule has 0 aliphatic carbocycles. The molecule has 0 spiro atoms. The molecule has 1 aliphatic rings. The van der Waals surface area contributed by atoms with Crippen molar-refractivity contribution >= 4 is 23.3 Å². The van der Waals surface area contributed by atoms with Crippen LogP contribution in [-0.2, 0) is 5.41 Å². The van der Waals surface area contributed by atoms with Gasteiger partial charge in [0.1, 0.15) is 11.6 Å². The molecule has 2 amide bonds. The third-order valence-corrected chi connectivity index (χ3v) is 8.37. The van der Waals surface area contributed by atoms with Gasteiger partial charge in [0.05, 0.1) is 11.4 Å². The molecule has 1 aromatic heterocycles. The van der Waals surface area contributed by atoms with Crippen LogP contribution in [0.4, 0.5) is 25.1 Å². The molecular weight excluding hydrogens is 588 g/mol. The second-order valence-corrected chi connectivity index (χ2v) is 12.8. The number of para-hydroxylation sites is 1. The normalized spacial score (nSPS) is 14.6. The predicted octanol–water partition coefficient (Wildman–Crippen LogP) is 8.08. The highest BCUT2D eigenvalue weighted by atomic mass is 19.3. The van der Waals surface area contributed by atoms with Gasteiger partial charge >= 0.3 is 12.6 Å². The number of amides is 2. The summed E-state index contributed by atoms with van der Waals surface area (Å²) in [4.78, 5) is 27.1. The minimum Gasteiger partial charge on any atom is -0.435 e. The summed E-state index contributed by atoms with van der Waals surface area (Å²) in [6, 6.07) is 22.8. The van der Waals surface area contributed by atoms with Crippen molar-refractivity contribution in [1.29, 1.82) is 0 Å². The molecule has 0 bridgehead atoms. The molecule has 8 nitrogen and oxygen atoms in total. The van der Waals surface area contributed by atoms with Crippen LogP contribution in [0.1, 0.15) is 73.1 Å². The number of aromatic nitrogens is 2. The van der Waals surface area contributed by atoms with Gasteiger partial charge in [0.25, 0.3) is 0 Å². The van der Waals surface area contributed by atoms with Crippen molar-refractivity contribution in [3.05, 3.63) is 101 Å². The van der Waals surface area contributed by atoms with Crippen LogP contribution in [-0.4, -0.2) is 41.3 Å². The number of carbonyl (C=O) groups is 2. The summed E-state index contributed by atoms with van der Waals surface area (Å²) < 4.78 is 31.4. The summed E-state index contributed by atoms with van der Waals surface area (Å²) in [5, 5.41) is 14.3. The Morgan fingerprint density at radius 3 is 2.30 bits per heavy atom. The van der Waals surface area contributed by atoms with Crippen LogP contribution < -0.4 is 20.7 Å². The van der Waals surface area contributed by atoms with Gasteiger partial charge in [0.15, 0.2) is 5.78 Å². The van der Waals surface area contributed by atoms with Crippen molar-refractivity contribution < 1.29 is 23.1 Å². The Balaban J connectivity index is 1.40. The molecule has 46 heavy (non-hydrogen) atoms. The van der Waals surface area contributed by atoms with Gasteiger partial charge in [-0.05, 0) is 92.7 Å². The molecular formula is C36H41F2N5O3. The number of Topliss-reactive ketones (excluding diaryl/α,β-unsaturated/α-hetero) is 1. The van der Waals surface area contributed by atoms with Crippen molar-refractivity contribution in [2.75, 3.05) is 23.7 Å². The highest BCUT2D eigenvalue weighted by molar-refractivity contribution is 6.00. The van der Waals surface area contributed by atoms with Crippen LogP contribution in [0.2, 0.25) is 0 Å². The van der Waals surface area contributed by atoms with E-state index in [0.717, 1.165) is 48.4 Å². The number of ketones is 1. The number of nitrogens with one attached hydrogen (secondary N) is 3. The van der Waals surface area contributed by atoms with E-state index in [2.05, 4.69) is 41.5 Å². The molecule has 1 aliphatic heterocycles. The van der Waals surface area contributed by atoms with E-state index >= 15 is 0 Å². The number of benzene rings is 3. The number of aryl methyl sites for hydroxylation is 1. The number of alkyl halides is 2. The minimum atomic E-state index is -2.93. The molecule has 1 fully saturated rings. The van der Waals surface area contributed by atoms with Crippen molar-refractivity contribution in [2.24, 2.45) is 5.92 Å². The zero-order valence-electron chi connectivity index (χ0n) is 26.6. The largest absolute Gasteiger partial charge is 0.435 e. The molecule has 242 valence electrons. The third-order valence-electron chi connectivity index (χ3n) is 8.37. The Morgan fingerprint density at radius 2 is 1.65 bits per heavy atom. The van der Waals surface area contributed by atoms with Crippen LogP contribution in [0.3, 0.4) is 0 Å². The van der Waals surface area contributed by atoms with E-state index in [4.69, 9.17) is 5.10 Å². The fourth-order valence-corrected chi connectivity index (χ4v) is 5.84. The zero-order valence-corrected chi connectivity index (χ0v) is 26.6. The molecule has 1 atom stereocenters. The molecule has 2 heterocycles. The van der Waals surface area contributed by atoms with Gasteiger partial charge in [0, 0.05) is 29.2 Å². The number of nitrogens with zero attached hydrogens (tertiary/aromatic N) is 2. The van der Waals surface area contributed by atoms with E-state index in [1.54, 1.807) is 4.68 Å². The Bertz CT molecular complexity index is 1640. The maximum Gasteiger partial charge on any atom is 0.387 e. The summed E-state index contributed by atoms with van der Waals surface area (Å²) in [6.45, 7) is 6.97. The molecule has 3 aromatic carbocycles. The first-order valence-electron chi connectivity index (χ1n) is 15.6. The number of rotatable bonds is 10. The summed E-state index contributed by atoms with van der Waals surface area (Å²) in [5.41, 5.74) is 4.46. The highest BCUT2D eigenvalue weighted by Crippen LogP contribution is 2.39. The van der Waals surface area contributed by atoms with Gasteiger partial charge in [0.2, 0.25) is 0 Å². The van der Waals surface area contributed by atoms with Crippen LogP contribution >= 0.6 is 0 Å². The van der Waals surface area contributed by atoms with Gasteiger partial charge < -0.3 is 15.4 Å². The lowest BCUT2D eigenvalue weighted by Gasteiger charge is -2.32. The summed E-state index contributed by atoms with van der Waals surface area (Å²) in [7, 11) is 0. The van der Waals surface area contributed by atoms with Gasteiger partial charge in [-0.15, -0.1) is 0 Å². The van der Waals surface area contributed by atoms with Gasteiger partial charge in [-0.25, -0.2) is 9.48 Å². The summed E-state index contributed by atoms with van der Waals surface area (Å²) in [5.74, 6) is 0.459. The fourth-order valence-electron chi connectivity index (χ4n) is 5.84. The molecule has 1 unspecified atom stereocenters. The SMILES string of the molecule is Cc1ccc(-n2nc(C(C)(C)C)cc2NC(=O)Nc2ccccc2C(CC(=O)c2ccc(OC(F)F)cc2)C2CCNCC2)cc1. The van der Waals surface area contributed by atoms with Crippen molar-refractivity contribution in [2.45, 2.75) is 64.9 Å². The lowest BCUT2D eigenvalue weighted by Crippen LogP contribution is -2.32. The maximum absolute atomic E-state index is 13.6. The standard InChI is InChI=1S/C36H41F2N5O3/c1-23-9-13-26(14-10-23)43-33(22-32(42-43)36(2,3)4)41-35(45)40-30-8-6-5-7-28(30)29(24-17-19-39-20-18-24)21-31(44)25-11-15-27(16-12-25)46-34(37)38/h5-16,22,24,29,34,39H,17-21H2,1-4H3,(H2,40,41,45). The number of ether oxygens (including phenoxy) is 1. The topological polar surface area (TPSA) is 97.3 Å². The summed E-state index contributed by atoms with van der Waals surface area (Å²) in [6.07, 6.45) is 1.96. The van der Waals surface area contributed by atoms with Crippen molar-refractivity contribution in [3.63, 3.8) is 0 Å². The quantitative estimate of drug-likeness (QED) is 0.154.